The first-order valence-corrected chi connectivity index (χ1v) is 5.02. The molecular formula is C8H3BrClN3O2. The van der Waals surface area contributed by atoms with Crippen LogP contribution in [0.2, 0.25) is 5.02 Å². The van der Waals surface area contributed by atoms with Gasteiger partial charge in [-0.25, -0.2) is 0 Å². The van der Waals surface area contributed by atoms with Gasteiger partial charge in [0.25, 0.3) is 0 Å². The maximum atomic E-state index is 10.6. The Morgan fingerprint density at radius 3 is 2.80 bits per heavy atom. The van der Waals surface area contributed by atoms with Gasteiger partial charge in [-0.1, -0.05) is 27.5 Å². The molecule has 5 nitrogen and oxygen atoms in total. The standard InChI is InChI=1S/C8H3BrClN3O2/c9-4-1-2-6-5(3-4)7(10)8(12-11-6)13(14)15/h1-3H. The van der Waals surface area contributed by atoms with Crippen LogP contribution in [-0.4, -0.2) is 15.1 Å². The molecule has 2 aromatic rings. The molecule has 0 radical (unpaired) electrons. The average Bonchev–Trinajstić information content (AvgIpc) is 2.19. The van der Waals surface area contributed by atoms with Crippen LogP contribution in [0.3, 0.4) is 0 Å². The Kier molecular flexibility index (Phi) is 2.54. The first-order chi connectivity index (χ1) is 7.09. The molecule has 0 saturated heterocycles. The van der Waals surface area contributed by atoms with Gasteiger partial charge in [-0.3, -0.25) is 0 Å². The zero-order valence-corrected chi connectivity index (χ0v) is 9.49. The molecule has 7 heteroatoms. The van der Waals surface area contributed by atoms with Gasteiger partial charge in [-0.05, 0) is 28.2 Å². The fourth-order valence-electron chi connectivity index (χ4n) is 1.15. The van der Waals surface area contributed by atoms with Crippen molar-refractivity contribution in [2.24, 2.45) is 0 Å². The molecule has 0 fully saturated rings. The lowest BCUT2D eigenvalue weighted by Crippen LogP contribution is -1.96. The molecule has 2 rings (SSSR count). The summed E-state index contributed by atoms with van der Waals surface area (Å²) in [6, 6.07) is 5.11. The maximum absolute atomic E-state index is 10.6. The number of nitro groups is 1. The van der Waals surface area contributed by atoms with Crippen LogP contribution >= 0.6 is 27.5 Å². The van der Waals surface area contributed by atoms with Gasteiger partial charge in [0.2, 0.25) is 0 Å². The molecule has 76 valence electrons. The summed E-state index contributed by atoms with van der Waals surface area (Å²) in [5, 5.41) is 18.2. The predicted molar refractivity (Wildman–Crippen MR) is 58.9 cm³/mol. The highest BCUT2D eigenvalue weighted by Crippen LogP contribution is 2.30. The second-order valence-electron chi connectivity index (χ2n) is 2.76. The van der Waals surface area contributed by atoms with E-state index >= 15 is 0 Å². The maximum Gasteiger partial charge on any atom is 0.410 e. The number of nitrogens with zero attached hydrogens (tertiary/aromatic N) is 3. The van der Waals surface area contributed by atoms with Gasteiger partial charge in [-0.15, -0.1) is 0 Å². The predicted octanol–water partition coefficient (Wildman–Crippen LogP) is 2.95. The SMILES string of the molecule is O=[N+]([O-])c1nnc2ccc(Br)cc2c1Cl. The minimum Gasteiger partial charge on any atom is -0.358 e. The van der Waals surface area contributed by atoms with E-state index in [1.807, 2.05) is 0 Å². The van der Waals surface area contributed by atoms with E-state index in [-0.39, 0.29) is 5.02 Å². The van der Waals surface area contributed by atoms with Crippen molar-refractivity contribution in [1.82, 2.24) is 10.2 Å². The van der Waals surface area contributed by atoms with Crippen LogP contribution in [0, 0.1) is 10.1 Å². The fourth-order valence-corrected chi connectivity index (χ4v) is 1.77. The third kappa shape index (κ3) is 1.78. The summed E-state index contributed by atoms with van der Waals surface area (Å²) in [7, 11) is 0. The number of fused-ring (bicyclic) bond motifs is 1. The van der Waals surface area contributed by atoms with E-state index in [2.05, 4.69) is 26.1 Å². The Morgan fingerprint density at radius 1 is 1.40 bits per heavy atom. The van der Waals surface area contributed by atoms with Crippen LogP contribution in [0.1, 0.15) is 0 Å². The third-order valence-electron chi connectivity index (χ3n) is 1.82. The number of hydrogen-bond acceptors (Lipinski definition) is 4. The van der Waals surface area contributed by atoms with Crippen LogP contribution in [0.15, 0.2) is 22.7 Å². The monoisotopic (exact) mass is 287 g/mol. The van der Waals surface area contributed by atoms with Crippen molar-refractivity contribution < 1.29 is 4.92 Å². The lowest BCUT2D eigenvalue weighted by atomic mass is 10.2. The van der Waals surface area contributed by atoms with Crippen molar-refractivity contribution in [2.45, 2.75) is 0 Å². The molecule has 0 bridgehead atoms. The topological polar surface area (TPSA) is 68.9 Å². The van der Waals surface area contributed by atoms with Gasteiger partial charge >= 0.3 is 5.82 Å². The van der Waals surface area contributed by atoms with Gasteiger partial charge in [0, 0.05) is 9.86 Å². The molecule has 0 aliphatic heterocycles. The molecular weight excluding hydrogens is 285 g/mol. The summed E-state index contributed by atoms with van der Waals surface area (Å²) in [6.07, 6.45) is 0. The molecule has 0 spiro atoms. The Hall–Kier alpha value is -1.27. The van der Waals surface area contributed by atoms with Gasteiger partial charge < -0.3 is 10.1 Å². The lowest BCUT2D eigenvalue weighted by molar-refractivity contribution is -0.389. The quantitative estimate of drug-likeness (QED) is 0.597. The highest BCUT2D eigenvalue weighted by Gasteiger charge is 2.18. The molecule has 0 amide bonds. The molecule has 0 aliphatic rings. The van der Waals surface area contributed by atoms with Crippen LogP contribution < -0.4 is 0 Å². The number of hydrogen-bond donors (Lipinski definition) is 0. The van der Waals surface area contributed by atoms with E-state index in [0.29, 0.717) is 10.9 Å². The highest BCUT2D eigenvalue weighted by molar-refractivity contribution is 9.10. The van der Waals surface area contributed by atoms with Crippen LogP contribution in [0.25, 0.3) is 10.9 Å². The molecule has 0 atom stereocenters. The Bertz CT molecular complexity index is 561. The van der Waals surface area contributed by atoms with E-state index in [9.17, 15) is 10.1 Å². The molecule has 0 unspecified atom stereocenters. The summed E-state index contributed by atoms with van der Waals surface area (Å²) < 4.78 is 0.777. The van der Waals surface area contributed by atoms with Crippen molar-refractivity contribution in [3.05, 3.63) is 37.8 Å². The first-order valence-electron chi connectivity index (χ1n) is 3.85. The first kappa shape index (κ1) is 10.3. The van der Waals surface area contributed by atoms with E-state index in [4.69, 9.17) is 11.6 Å². The lowest BCUT2D eigenvalue weighted by Gasteiger charge is -1.98. The second kappa shape index (κ2) is 3.71. The minimum absolute atomic E-state index is 0.00583. The summed E-state index contributed by atoms with van der Waals surface area (Å²) in [5.74, 6) is -0.428. The van der Waals surface area contributed by atoms with Crippen molar-refractivity contribution >= 4 is 44.3 Å². The van der Waals surface area contributed by atoms with Crippen molar-refractivity contribution in [1.29, 1.82) is 0 Å². The molecule has 15 heavy (non-hydrogen) atoms. The largest absolute Gasteiger partial charge is 0.410 e. The number of halogens is 2. The van der Waals surface area contributed by atoms with E-state index < -0.39 is 10.7 Å². The Labute approximate surface area is 97.3 Å². The number of aromatic nitrogens is 2. The number of benzene rings is 1. The molecule has 0 N–H and O–H groups in total. The summed E-state index contributed by atoms with van der Waals surface area (Å²) in [4.78, 5) is 9.90. The van der Waals surface area contributed by atoms with Crippen molar-refractivity contribution in [2.75, 3.05) is 0 Å². The zero-order valence-electron chi connectivity index (χ0n) is 7.15. The summed E-state index contributed by atoms with van der Waals surface area (Å²) in [6.45, 7) is 0. The van der Waals surface area contributed by atoms with E-state index in [1.54, 1.807) is 18.2 Å². The second-order valence-corrected chi connectivity index (χ2v) is 4.05. The third-order valence-corrected chi connectivity index (χ3v) is 2.68. The smallest absolute Gasteiger partial charge is 0.358 e. The average molecular weight is 288 g/mol. The highest BCUT2D eigenvalue weighted by atomic mass is 79.9. The van der Waals surface area contributed by atoms with Crippen molar-refractivity contribution in [3.8, 4) is 0 Å². The van der Waals surface area contributed by atoms with Crippen LogP contribution in [-0.2, 0) is 0 Å². The number of rotatable bonds is 1. The molecule has 0 saturated carbocycles. The molecule has 1 aromatic heterocycles. The van der Waals surface area contributed by atoms with E-state index in [1.165, 1.54) is 0 Å². The Morgan fingerprint density at radius 2 is 2.13 bits per heavy atom. The van der Waals surface area contributed by atoms with Crippen LogP contribution in [0.4, 0.5) is 5.82 Å². The fraction of sp³-hybridized carbons (Fsp3) is 0. The summed E-state index contributed by atoms with van der Waals surface area (Å²) in [5.41, 5.74) is 0.522. The molecule has 1 aromatic carbocycles. The normalized spacial score (nSPS) is 10.5. The van der Waals surface area contributed by atoms with Gasteiger partial charge in [0.05, 0.1) is 5.10 Å². The molecule has 1 heterocycles. The summed E-state index contributed by atoms with van der Waals surface area (Å²) >= 11 is 9.10. The zero-order chi connectivity index (χ0) is 11.0. The minimum atomic E-state index is -0.657. The van der Waals surface area contributed by atoms with Crippen molar-refractivity contribution in [3.63, 3.8) is 0 Å². The van der Waals surface area contributed by atoms with Gasteiger partial charge in [-0.2, -0.15) is 0 Å². The Balaban J connectivity index is 2.82. The van der Waals surface area contributed by atoms with E-state index in [0.717, 1.165) is 4.47 Å². The van der Waals surface area contributed by atoms with Gasteiger partial charge in [0.1, 0.15) is 5.52 Å². The van der Waals surface area contributed by atoms with Crippen LogP contribution in [0.5, 0.6) is 0 Å². The van der Waals surface area contributed by atoms with Gasteiger partial charge in [0.15, 0.2) is 5.02 Å². The molecule has 0 aliphatic carbocycles.